The molecule has 0 aliphatic carbocycles. The molecule has 5 aromatic rings. The fraction of sp³-hybridized carbons (Fsp3) is 0.302. The van der Waals surface area contributed by atoms with Gasteiger partial charge in [-0.15, -0.1) is 0 Å². The van der Waals surface area contributed by atoms with Crippen LogP contribution in [0.1, 0.15) is 46.6 Å². The predicted octanol–water partition coefficient (Wildman–Crippen LogP) is 8.57. The van der Waals surface area contributed by atoms with Crippen molar-refractivity contribution in [3.8, 4) is 5.75 Å². The first kappa shape index (κ1) is 34.1. The van der Waals surface area contributed by atoms with Crippen molar-refractivity contribution in [3.63, 3.8) is 0 Å². The summed E-state index contributed by atoms with van der Waals surface area (Å²) in [6, 6.07) is 44.2. The Morgan fingerprint density at radius 2 is 1.39 bits per heavy atom. The lowest BCUT2D eigenvalue weighted by Crippen LogP contribution is -2.69. The van der Waals surface area contributed by atoms with Gasteiger partial charge in [-0.2, -0.15) is 0 Å². The zero-order valence-electron chi connectivity index (χ0n) is 28.5. The standard InChI is InChI=1S/C43H41ClO7/c1-2-45-36-21-18-30(19-22-36)24-34-25-35(20-23-37(34)44)43-40(47-27-32-14-8-4-9-15-32)38(46-26-31-12-6-3-7-13-31)39-42(51-43,29-49-43)28-48-41(50-39)33-16-10-5-11-17-33/h3-23,25,38-41H,2,24,26-29H2,1H3/t38-,39-,40+,41?,42-,43-/m0/s1. The first-order chi connectivity index (χ1) is 25.0. The number of hydrogen-bond donors (Lipinski definition) is 0. The third kappa shape index (κ3) is 6.96. The molecule has 51 heavy (non-hydrogen) atoms. The van der Waals surface area contributed by atoms with Gasteiger partial charge in [-0.25, -0.2) is 0 Å². The smallest absolute Gasteiger partial charge is 0.225 e. The van der Waals surface area contributed by atoms with Crippen LogP contribution in [0.5, 0.6) is 5.75 Å². The summed E-state index contributed by atoms with van der Waals surface area (Å²) in [5.41, 5.74) is 4.86. The normalized spacial score (nSPS) is 26.8. The fourth-order valence-corrected chi connectivity index (χ4v) is 7.49. The molecule has 0 amide bonds. The molecule has 1 unspecified atom stereocenters. The third-order valence-electron chi connectivity index (χ3n) is 9.83. The summed E-state index contributed by atoms with van der Waals surface area (Å²) in [5, 5.41) is 0.652. The molecule has 5 aromatic carbocycles. The number of fused-ring (bicyclic) bond motifs is 1. The molecule has 8 rings (SSSR count). The maximum atomic E-state index is 7.18. The van der Waals surface area contributed by atoms with Crippen molar-refractivity contribution >= 4 is 11.6 Å². The van der Waals surface area contributed by atoms with Gasteiger partial charge in [-0.3, -0.25) is 0 Å². The molecule has 2 bridgehead atoms. The van der Waals surface area contributed by atoms with Gasteiger partial charge in [-0.1, -0.05) is 121 Å². The van der Waals surface area contributed by atoms with Gasteiger partial charge in [0.2, 0.25) is 5.79 Å². The number of benzene rings is 5. The average molecular weight is 705 g/mol. The Morgan fingerprint density at radius 1 is 0.725 bits per heavy atom. The van der Waals surface area contributed by atoms with Crippen LogP contribution in [0, 0.1) is 0 Å². The monoisotopic (exact) mass is 704 g/mol. The van der Waals surface area contributed by atoms with E-state index in [-0.39, 0.29) is 13.2 Å². The van der Waals surface area contributed by atoms with E-state index in [1.165, 1.54) is 0 Å². The fourth-order valence-electron chi connectivity index (χ4n) is 7.30. The molecule has 3 aliphatic rings. The molecule has 0 N–H and O–H groups in total. The molecule has 3 heterocycles. The van der Waals surface area contributed by atoms with Crippen molar-refractivity contribution in [2.75, 3.05) is 19.8 Å². The van der Waals surface area contributed by atoms with Crippen LogP contribution in [0.15, 0.2) is 133 Å². The summed E-state index contributed by atoms with van der Waals surface area (Å²) in [6.45, 7) is 3.74. The molecule has 7 nitrogen and oxygen atoms in total. The van der Waals surface area contributed by atoms with Gasteiger partial charge in [-0.05, 0) is 59.9 Å². The lowest BCUT2D eigenvalue weighted by atomic mass is 9.82. The third-order valence-corrected chi connectivity index (χ3v) is 10.2. The van der Waals surface area contributed by atoms with Gasteiger partial charge in [0.25, 0.3) is 0 Å². The van der Waals surface area contributed by atoms with Crippen molar-refractivity contribution in [1.29, 1.82) is 0 Å². The molecule has 0 saturated carbocycles. The molecule has 1 spiro atoms. The van der Waals surface area contributed by atoms with E-state index in [1.807, 2.05) is 110 Å². The van der Waals surface area contributed by atoms with E-state index in [4.69, 9.17) is 44.8 Å². The molecule has 0 aromatic heterocycles. The van der Waals surface area contributed by atoms with Gasteiger partial charge in [0.1, 0.15) is 29.7 Å². The van der Waals surface area contributed by atoms with E-state index in [0.717, 1.165) is 39.1 Å². The second-order valence-corrected chi connectivity index (χ2v) is 13.7. The van der Waals surface area contributed by atoms with Crippen molar-refractivity contribution in [3.05, 3.63) is 172 Å². The summed E-state index contributed by atoms with van der Waals surface area (Å²) in [4.78, 5) is 0. The zero-order valence-corrected chi connectivity index (χ0v) is 29.2. The Labute approximate surface area is 303 Å². The Morgan fingerprint density at radius 3 is 2.08 bits per heavy atom. The van der Waals surface area contributed by atoms with Gasteiger partial charge in [0, 0.05) is 16.1 Å². The minimum Gasteiger partial charge on any atom is -0.494 e. The Balaban J connectivity index is 1.19. The SMILES string of the molecule is CCOc1ccc(Cc2cc([C@@]34OC[C@]5(COC(c6ccccc6)O[C@H]5[C@H](OCc5ccccc5)[C@H]3OCc3ccccc3)O4)ccc2Cl)cc1. The number of ether oxygens (including phenoxy) is 7. The van der Waals surface area contributed by atoms with Crippen molar-refractivity contribution in [1.82, 2.24) is 0 Å². The zero-order chi connectivity index (χ0) is 34.7. The minimum absolute atomic E-state index is 0.229. The van der Waals surface area contributed by atoms with Crippen LogP contribution in [0.25, 0.3) is 0 Å². The molecule has 3 aliphatic heterocycles. The Kier molecular flexibility index (Phi) is 9.95. The lowest BCUT2D eigenvalue weighted by molar-refractivity contribution is -0.394. The molecule has 3 saturated heterocycles. The highest BCUT2D eigenvalue weighted by Gasteiger charge is 2.71. The summed E-state index contributed by atoms with van der Waals surface area (Å²) in [5.74, 6) is -0.502. The maximum Gasteiger partial charge on any atom is 0.225 e. The highest BCUT2D eigenvalue weighted by molar-refractivity contribution is 6.31. The molecule has 3 fully saturated rings. The lowest BCUT2D eigenvalue weighted by Gasteiger charge is -2.53. The van der Waals surface area contributed by atoms with Crippen LogP contribution in [-0.2, 0) is 53.8 Å². The van der Waals surface area contributed by atoms with E-state index in [0.29, 0.717) is 31.3 Å². The number of hydrogen-bond acceptors (Lipinski definition) is 7. The first-order valence-corrected chi connectivity index (χ1v) is 17.9. The second-order valence-electron chi connectivity index (χ2n) is 13.3. The van der Waals surface area contributed by atoms with E-state index < -0.39 is 36.0 Å². The topological polar surface area (TPSA) is 64.6 Å². The van der Waals surface area contributed by atoms with Crippen LogP contribution in [0.4, 0.5) is 0 Å². The predicted molar refractivity (Wildman–Crippen MR) is 193 cm³/mol. The van der Waals surface area contributed by atoms with E-state index >= 15 is 0 Å². The number of halogens is 1. The second kappa shape index (κ2) is 14.9. The first-order valence-electron chi connectivity index (χ1n) is 17.5. The van der Waals surface area contributed by atoms with Crippen LogP contribution < -0.4 is 4.74 Å². The van der Waals surface area contributed by atoms with Crippen LogP contribution in [-0.4, -0.2) is 43.7 Å². The van der Waals surface area contributed by atoms with E-state index in [1.54, 1.807) is 0 Å². The van der Waals surface area contributed by atoms with Gasteiger partial charge in [0.15, 0.2) is 6.29 Å². The molecule has 0 radical (unpaired) electrons. The van der Waals surface area contributed by atoms with Crippen molar-refractivity contribution in [2.24, 2.45) is 0 Å². The number of rotatable bonds is 12. The quantitative estimate of drug-likeness (QED) is 0.129. The minimum atomic E-state index is -1.34. The van der Waals surface area contributed by atoms with Crippen LogP contribution in [0.3, 0.4) is 0 Å². The van der Waals surface area contributed by atoms with Gasteiger partial charge < -0.3 is 33.2 Å². The molecule has 6 atom stereocenters. The van der Waals surface area contributed by atoms with E-state index in [9.17, 15) is 0 Å². The average Bonchev–Trinajstić information content (AvgIpc) is 3.51. The molecule has 262 valence electrons. The highest BCUT2D eigenvalue weighted by Crippen LogP contribution is 2.55. The molecule has 8 heteroatoms. The summed E-state index contributed by atoms with van der Waals surface area (Å²) >= 11 is 6.87. The maximum absolute atomic E-state index is 7.18. The van der Waals surface area contributed by atoms with Crippen LogP contribution in [0.2, 0.25) is 5.02 Å². The van der Waals surface area contributed by atoms with Crippen LogP contribution >= 0.6 is 11.6 Å². The summed E-state index contributed by atoms with van der Waals surface area (Å²) < 4.78 is 46.8. The van der Waals surface area contributed by atoms with Gasteiger partial charge >= 0.3 is 0 Å². The Bertz CT molecular complexity index is 1890. The van der Waals surface area contributed by atoms with E-state index in [2.05, 4.69) is 30.3 Å². The summed E-state index contributed by atoms with van der Waals surface area (Å²) in [6.07, 6.45) is -1.88. The van der Waals surface area contributed by atoms with Gasteiger partial charge in [0.05, 0.1) is 33.0 Å². The van der Waals surface area contributed by atoms with Crippen molar-refractivity contribution < 1.29 is 33.2 Å². The largest absolute Gasteiger partial charge is 0.494 e. The molecular formula is C43H41ClO7. The van der Waals surface area contributed by atoms with Crippen molar-refractivity contribution in [2.45, 2.75) is 62.5 Å². The Hall–Kier alpha value is -4.05. The summed E-state index contributed by atoms with van der Waals surface area (Å²) in [7, 11) is 0. The molecular weight excluding hydrogens is 664 g/mol. The highest BCUT2D eigenvalue weighted by atomic mass is 35.5.